The van der Waals surface area contributed by atoms with E-state index in [1.807, 2.05) is 13.8 Å². The maximum atomic E-state index is 13.2. The van der Waals surface area contributed by atoms with E-state index in [-0.39, 0.29) is 30.2 Å². The third-order valence-electron chi connectivity index (χ3n) is 5.27. The van der Waals surface area contributed by atoms with Crippen LogP contribution in [0.4, 0.5) is 5.69 Å². The number of fused-ring (bicyclic) bond motifs is 1. The standard InChI is InChI=1S/C20H27ClN4O4/c1-13(2)18(19(27)22-5-6-24-7-9-29-10-8-24)25-12-17(26)23-16-4-3-14(21)11-15(16)20(25)28/h3-4,11,13,18H,5-10,12H2,1-2H3,(H,22,27)(H,23,26)/p+1/t18-/m0/s1. The van der Waals surface area contributed by atoms with Gasteiger partial charge < -0.3 is 25.2 Å². The molecular formula is C20H28ClN4O4+. The van der Waals surface area contributed by atoms with Crippen molar-refractivity contribution in [1.29, 1.82) is 0 Å². The number of hydrogen-bond donors (Lipinski definition) is 3. The second kappa shape index (κ2) is 9.56. The molecule has 158 valence electrons. The van der Waals surface area contributed by atoms with Crippen LogP contribution in [-0.2, 0) is 14.3 Å². The van der Waals surface area contributed by atoms with Crippen molar-refractivity contribution in [3.05, 3.63) is 28.8 Å². The molecule has 1 fully saturated rings. The van der Waals surface area contributed by atoms with Crippen LogP contribution in [-0.4, -0.2) is 74.6 Å². The van der Waals surface area contributed by atoms with Crippen molar-refractivity contribution in [2.24, 2.45) is 5.92 Å². The number of ether oxygens (including phenoxy) is 1. The number of halogens is 1. The fourth-order valence-electron chi connectivity index (χ4n) is 3.78. The van der Waals surface area contributed by atoms with E-state index in [4.69, 9.17) is 16.3 Å². The van der Waals surface area contributed by atoms with Gasteiger partial charge in [-0.2, -0.15) is 0 Å². The summed E-state index contributed by atoms with van der Waals surface area (Å²) in [6, 6.07) is 3.99. The minimum absolute atomic E-state index is 0.164. The highest BCUT2D eigenvalue weighted by atomic mass is 35.5. The van der Waals surface area contributed by atoms with E-state index in [1.165, 1.54) is 15.9 Å². The highest BCUT2D eigenvalue weighted by Crippen LogP contribution is 2.26. The molecule has 2 aliphatic rings. The van der Waals surface area contributed by atoms with Gasteiger partial charge in [-0.05, 0) is 24.1 Å². The Labute approximate surface area is 175 Å². The molecule has 3 rings (SSSR count). The van der Waals surface area contributed by atoms with Crippen molar-refractivity contribution in [3.8, 4) is 0 Å². The molecule has 3 N–H and O–H groups in total. The van der Waals surface area contributed by atoms with Gasteiger partial charge in [0.1, 0.15) is 25.7 Å². The van der Waals surface area contributed by atoms with E-state index < -0.39 is 6.04 Å². The predicted octanol–water partition coefficient (Wildman–Crippen LogP) is -0.210. The number of nitrogens with one attached hydrogen (secondary N) is 3. The monoisotopic (exact) mass is 423 g/mol. The smallest absolute Gasteiger partial charge is 0.257 e. The second-order valence-electron chi connectivity index (χ2n) is 7.76. The van der Waals surface area contributed by atoms with Crippen LogP contribution in [0.5, 0.6) is 0 Å². The van der Waals surface area contributed by atoms with Gasteiger partial charge in [0.2, 0.25) is 11.8 Å². The fourth-order valence-corrected chi connectivity index (χ4v) is 3.95. The molecule has 0 radical (unpaired) electrons. The van der Waals surface area contributed by atoms with E-state index in [0.717, 1.165) is 32.8 Å². The Morgan fingerprint density at radius 1 is 1.31 bits per heavy atom. The minimum Gasteiger partial charge on any atom is -0.370 e. The number of benzene rings is 1. The molecule has 3 amide bonds. The molecular weight excluding hydrogens is 396 g/mol. The summed E-state index contributed by atoms with van der Waals surface area (Å²) < 4.78 is 5.35. The van der Waals surface area contributed by atoms with Crippen molar-refractivity contribution in [3.63, 3.8) is 0 Å². The molecule has 0 unspecified atom stereocenters. The van der Waals surface area contributed by atoms with E-state index in [1.54, 1.807) is 12.1 Å². The van der Waals surface area contributed by atoms with Gasteiger partial charge in [0.05, 0.1) is 37.6 Å². The molecule has 0 bridgehead atoms. The second-order valence-corrected chi connectivity index (χ2v) is 8.20. The number of nitrogens with zero attached hydrogens (tertiary/aromatic N) is 1. The molecule has 0 aromatic heterocycles. The summed E-state index contributed by atoms with van der Waals surface area (Å²) >= 11 is 6.05. The average molecular weight is 424 g/mol. The third-order valence-corrected chi connectivity index (χ3v) is 5.51. The van der Waals surface area contributed by atoms with Gasteiger partial charge in [-0.15, -0.1) is 0 Å². The first-order valence-electron chi connectivity index (χ1n) is 9.96. The van der Waals surface area contributed by atoms with Crippen molar-refractivity contribution >= 4 is 35.0 Å². The lowest BCUT2D eigenvalue weighted by Crippen LogP contribution is -3.14. The first-order chi connectivity index (χ1) is 13.9. The van der Waals surface area contributed by atoms with Gasteiger partial charge in [-0.3, -0.25) is 14.4 Å². The predicted molar refractivity (Wildman–Crippen MR) is 109 cm³/mol. The number of anilines is 1. The third kappa shape index (κ3) is 5.26. The number of hydrogen-bond acceptors (Lipinski definition) is 4. The lowest BCUT2D eigenvalue weighted by molar-refractivity contribution is -0.906. The first kappa shape index (κ1) is 21.5. The van der Waals surface area contributed by atoms with E-state index in [9.17, 15) is 14.4 Å². The van der Waals surface area contributed by atoms with Gasteiger partial charge in [0.25, 0.3) is 5.91 Å². The Kier molecular flexibility index (Phi) is 7.10. The number of carbonyl (C=O) groups excluding carboxylic acids is 3. The lowest BCUT2D eigenvalue weighted by Gasteiger charge is -2.32. The van der Waals surface area contributed by atoms with Crippen molar-refractivity contribution in [2.45, 2.75) is 19.9 Å². The molecule has 2 heterocycles. The number of carbonyl (C=O) groups is 3. The van der Waals surface area contributed by atoms with Crippen LogP contribution in [0.3, 0.4) is 0 Å². The number of morpholine rings is 1. The normalized spacial score (nSPS) is 18.8. The number of quaternary nitrogens is 1. The molecule has 29 heavy (non-hydrogen) atoms. The Morgan fingerprint density at radius 3 is 2.72 bits per heavy atom. The minimum atomic E-state index is -0.752. The summed E-state index contributed by atoms with van der Waals surface area (Å²) in [6.07, 6.45) is 0. The Bertz CT molecular complexity index is 780. The molecule has 1 aromatic carbocycles. The van der Waals surface area contributed by atoms with Crippen LogP contribution in [0, 0.1) is 5.92 Å². The zero-order valence-corrected chi connectivity index (χ0v) is 17.6. The van der Waals surface area contributed by atoms with Crippen LogP contribution in [0.2, 0.25) is 5.02 Å². The van der Waals surface area contributed by atoms with Gasteiger partial charge in [-0.25, -0.2) is 0 Å². The van der Waals surface area contributed by atoms with Crippen LogP contribution in [0.1, 0.15) is 24.2 Å². The summed E-state index contributed by atoms with van der Waals surface area (Å²) in [5.41, 5.74) is 0.699. The lowest BCUT2D eigenvalue weighted by atomic mass is 10.00. The molecule has 0 spiro atoms. The maximum Gasteiger partial charge on any atom is 0.257 e. The summed E-state index contributed by atoms with van der Waals surface area (Å²) in [6.45, 7) is 8.17. The summed E-state index contributed by atoms with van der Waals surface area (Å²) in [7, 11) is 0. The van der Waals surface area contributed by atoms with Gasteiger partial charge in [0, 0.05) is 5.02 Å². The average Bonchev–Trinajstić information content (AvgIpc) is 2.79. The quantitative estimate of drug-likeness (QED) is 0.590. The van der Waals surface area contributed by atoms with E-state index in [2.05, 4.69) is 10.6 Å². The van der Waals surface area contributed by atoms with Crippen LogP contribution < -0.4 is 15.5 Å². The Morgan fingerprint density at radius 2 is 2.03 bits per heavy atom. The zero-order valence-electron chi connectivity index (χ0n) is 16.8. The van der Waals surface area contributed by atoms with Crippen molar-refractivity contribution < 1.29 is 24.0 Å². The fraction of sp³-hybridized carbons (Fsp3) is 0.550. The Balaban J connectivity index is 1.73. The molecule has 0 saturated carbocycles. The molecule has 0 aliphatic carbocycles. The van der Waals surface area contributed by atoms with Crippen molar-refractivity contribution in [2.75, 3.05) is 51.3 Å². The van der Waals surface area contributed by atoms with Gasteiger partial charge in [-0.1, -0.05) is 25.4 Å². The molecule has 9 heteroatoms. The Hall–Kier alpha value is -2.16. The largest absolute Gasteiger partial charge is 0.370 e. The highest BCUT2D eigenvalue weighted by Gasteiger charge is 2.37. The highest BCUT2D eigenvalue weighted by molar-refractivity contribution is 6.31. The van der Waals surface area contributed by atoms with Gasteiger partial charge >= 0.3 is 0 Å². The molecule has 1 saturated heterocycles. The van der Waals surface area contributed by atoms with Crippen LogP contribution in [0.15, 0.2) is 18.2 Å². The van der Waals surface area contributed by atoms with Crippen molar-refractivity contribution in [1.82, 2.24) is 10.2 Å². The molecule has 8 nitrogen and oxygen atoms in total. The first-order valence-corrected chi connectivity index (χ1v) is 10.3. The summed E-state index contributed by atoms with van der Waals surface area (Å²) in [4.78, 5) is 41.3. The molecule has 1 aromatic rings. The van der Waals surface area contributed by atoms with E-state index in [0.29, 0.717) is 22.8 Å². The SMILES string of the molecule is CC(C)[C@@H](C(=O)NCC[NH+]1CCOCC1)N1CC(=O)Nc2ccc(Cl)cc2C1=O. The summed E-state index contributed by atoms with van der Waals surface area (Å²) in [5, 5.41) is 6.07. The molecule has 2 aliphatic heterocycles. The summed E-state index contributed by atoms with van der Waals surface area (Å²) in [5.74, 6) is -1.13. The van der Waals surface area contributed by atoms with Gasteiger partial charge in [0.15, 0.2) is 0 Å². The number of amides is 3. The zero-order chi connectivity index (χ0) is 21.0. The number of rotatable bonds is 6. The maximum absolute atomic E-state index is 13.2. The van der Waals surface area contributed by atoms with Crippen LogP contribution in [0.25, 0.3) is 0 Å². The van der Waals surface area contributed by atoms with E-state index >= 15 is 0 Å². The molecule has 1 atom stereocenters. The van der Waals surface area contributed by atoms with Crippen LogP contribution >= 0.6 is 11.6 Å². The topological polar surface area (TPSA) is 92.2 Å².